The van der Waals surface area contributed by atoms with Crippen LogP contribution in [0.2, 0.25) is 0 Å². The topological polar surface area (TPSA) is 64.1 Å². The molecule has 5 nitrogen and oxygen atoms in total. The highest BCUT2D eigenvalue weighted by molar-refractivity contribution is 7.18. The van der Waals surface area contributed by atoms with Gasteiger partial charge in [0.1, 0.15) is 18.1 Å². The number of pyridine rings is 1. The molecule has 0 bridgehead atoms. The molecule has 1 aliphatic rings. The van der Waals surface area contributed by atoms with Crippen molar-refractivity contribution in [2.24, 2.45) is 0 Å². The minimum Gasteiger partial charge on any atom is -0.488 e. The fourth-order valence-corrected chi connectivity index (χ4v) is 4.72. The molecule has 0 atom stereocenters. The zero-order chi connectivity index (χ0) is 18.2. The van der Waals surface area contributed by atoms with E-state index >= 15 is 0 Å². The van der Waals surface area contributed by atoms with E-state index in [0.717, 1.165) is 33.1 Å². The predicted molar refractivity (Wildman–Crippen MR) is 107 cm³/mol. The zero-order valence-electron chi connectivity index (χ0n) is 14.0. The molecule has 0 unspecified atom stereocenters. The maximum atomic E-state index is 12.7. The number of thiophene rings is 1. The number of carbonyl (C=O) groups excluding carboxylic acids is 1. The summed E-state index contributed by atoms with van der Waals surface area (Å²) in [6, 6.07) is 15.5. The first-order chi connectivity index (χ1) is 13.3. The van der Waals surface area contributed by atoms with Crippen LogP contribution in [0.15, 0.2) is 60.1 Å². The number of aromatic nitrogens is 2. The van der Waals surface area contributed by atoms with Gasteiger partial charge in [0.25, 0.3) is 5.91 Å². The van der Waals surface area contributed by atoms with Gasteiger partial charge in [-0.25, -0.2) is 4.98 Å². The van der Waals surface area contributed by atoms with Crippen LogP contribution in [0.5, 0.6) is 5.75 Å². The maximum Gasteiger partial charge on any atom is 0.267 e. The van der Waals surface area contributed by atoms with Gasteiger partial charge >= 0.3 is 0 Å². The van der Waals surface area contributed by atoms with Crippen molar-refractivity contribution in [2.75, 3.05) is 5.32 Å². The minimum absolute atomic E-state index is 0.159. The van der Waals surface area contributed by atoms with Crippen molar-refractivity contribution >= 4 is 33.7 Å². The molecular formula is C20H13N3O2S2. The number of amides is 1. The normalized spacial score (nSPS) is 12.0. The molecular weight excluding hydrogens is 378 g/mol. The van der Waals surface area contributed by atoms with E-state index in [0.29, 0.717) is 16.6 Å². The summed E-state index contributed by atoms with van der Waals surface area (Å²) in [5.41, 5.74) is 3.62. The third-order valence-electron chi connectivity index (χ3n) is 4.20. The largest absolute Gasteiger partial charge is 0.488 e. The number of hydrogen-bond acceptors (Lipinski definition) is 6. The number of nitrogens with one attached hydrogen (secondary N) is 1. The molecule has 7 heteroatoms. The Morgan fingerprint density at radius 3 is 2.89 bits per heavy atom. The van der Waals surface area contributed by atoms with E-state index in [4.69, 9.17) is 4.74 Å². The van der Waals surface area contributed by atoms with E-state index < -0.39 is 0 Å². The van der Waals surface area contributed by atoms with Gasteiger partial charge in [-0.3, -0.25) is 15.1 Å². The molecule has 1 amide bonds. The van der Waals surface area contributed by atoms with Crippen molar-refractivity contribution in [3.63, 3.8) is 0 Å². The average molecular weight is 391 g/mol. The third-order valence-corrected chi connectivity index (χ3v) is 6.17. The van der Waals surface area contributed by atoms with Crippen molar-refractivity contribution in [2.45, 2.75) is 6.61 Å². The lowest BCUT2D eigenvalue weighted by atomic mass is 10.1. The predicted octanol–water partition coefficient (Wildman–Crippen LogP) is 5.08. The van der Waals surface area contributed by atoms with Gasteiger partial charge in [0.2, 0.25) is 0 Å². The summed E-state index contributed by atoms with van der Waals surface area (Å²) >= 11 is 2.87. The summed E-state index contributed by atoms with van der Waals surface area (Å²) in [6.45, 7) is 0.483. The second kappa shape index (κ2) is 6.61. The van der Waals surface area contributed by atoms with Crippen LogP contribution in [0.4, 0.5) is 5.13 Å². The third kappa shape index (κ3) is 3.01. The molecule has 1 aromatic carbocycles. The molecule has 5 rings (SSSR count). The lowest BCUT2D eigenvalue weighted by molar-refractivity contribution is 0.103. The monoisotopic (exact) mass is 391 g/mol. The van der Waals surface area contributed by atoms with E-state index in [-0.39, 0.29) is 5.91 Å². The van der Waals surface area contributed by atoms with Gasteiger partial charge in [-0.1, -0.05) is 18.2 Å². The van der Waals surface area contributed by atoms with Gasteiger partial charge in [-0.2, -0.15) is 0 Å². The highest BCUT2D eigenvalue weighted by Crippen LogP contribution is 2.42. The van der Waals surface area contributed by atoms with Crippen molar-refractivity contribution in [3.05, 3.63) is 70.5 Å². The summed E-state index contributed by atoms with van der Waals surface area (Å²) < 4.78 is 5.77. The quantitative estimate of drug-likeness (QED) is 0.529. The Bertz CT molecular complexity index is 1140. The Morgan fingerprint density at radius 1 is 1.11 bits per heavy atom. The molecule has 132 valence electrons. The molecule has 0 aliphatic carbocycles. The Morgan fingerprint density at radius 2 is 2.00 bits per heavy atom. The summed E-state index contributed by atoms with van der Waals surface area (Å²) in [6.07, 6.45) is 1.73. The average Bonchev–Trinajstić information content (AvgIpc) is 3.36. The van der Waals surface area contributed by atoms with Gasteiger partial charge in [-0.05, 0) is 30.3 Å². The zero-order valence-corrected chi connectivity index (χ0v) is 15.6. The molecule has 4 aromatic rings. The number of para-hydroxylation sites is 1. The number of rotatable bonds is 3. The highest BCUT2D eigenvalue weighted by atomic mass is 32.1. The summed E-state index contributed by atoms with van der Waals surface area (Å²) in [7, 11) is 0. The summed E-state index contributed by atoms with van der Waals surface area (Å²) in [5, 5.41) is 5.34. The molecule has 4 heterocycles. The second-order valence-corrected chi connectivity index (χ2v) is 7.87. The highest BCUT2D eigenvalue weighted by Gasteiger charge is 2.22. The van der Waals surface area contributed by atoms with Gasteiger partial charge in [0.15, 0.2) is 5.13 Å². The summed E-state index contributed by atoms with van der Waals surface area (Å²) in [5.74, 6) is 0.701. The first-order valence-corrected chi connectivity index (χ1v) is 10.0. The van der Waals surface area contributed by atoms with Crippen LogP contribution in [0.1, 0.15) is 15.2 Å². The van der Waals surface area contributed by atoms with Crippen LogP contribution in [0, 0.1) is 0 Å². The maximum absolute atomic E-state index is 12.7. The number of nitrogens with zero attached hydrogens (tertiary/aromatic N) is 2. The lowest BCUT2D eigenvalue weighted by Gasteiger charge is -2.16. The Labute approximate surface area is 163 Å². The van der Waals surface area contributed by atoms with Crippen molar-refractivity contribution in [3.8, 4) is 27.6 Å². The molecule has 0 spiro atoms. The van der Waals surface area contributed by atoms with Gasteiger partial charge < -0.3 is 4.74 Å². The van der Waals surface area contributed by atoms with E-state index in [1.54, 1.807) is 6.20 Å². The minimum atomic E-state index is -0.159. The Kier molecular flexibility index (Phi) is 3.95. The number of fused-ring (bicyclic) bond motifs is 3. The first-order valence-electron chi connectivity index (χ1n) is 8.31. The molecule has 1 aliphatic heterocycles. The number of ether oxygens (including phenoxy) is 1. The first kappa shape index (κ1) is 16.2. The van der Waals surface area contributed by atoms with Crippen LogP contribution >= 0.6 is 22.7 Å². The number of hydrogen-bond donors (Lipinski definition) is 1. The van der Waals surface area contributed by atoms with Crippen LogP contribution in [0.3, 0.4) is 0 Å². The number of anilines is 1. The number of thiazole rings is 1. The number of benzene rings is 1. The van der Waals surface area contributed by atoms with Gasteiger partial charge in [-0.15, -0.1) is 22.7 Å². The van der Waals surface area contributed by atoms with Crippen LogP contribution in [-0.4, -0.2) is 15.9 Å². The van der Waals surface area contributed by atoms with Gasteiger partial charge in [0.05, 0.1) is 10.6 Å². The van der Waals surface area contributed by atoms with Crippen molar-refractivity contribution in [1.82, 2.24) is 9.97 Å². The Hall–Kier alpha value is -3.03. The van der Waals surface area contributed by atoms with E-state index in [2.05, 4.69) is 15.3 Å². The molecule has 1 N–H and O–H groups in total. The molecule has 27 heavy (non-hydrogen) atoms. The molecule has 0 radical (unpaired) electrons. The van der Waals surface area contributed by atoms with E-state index in [1.165, 1.54) is 22.7 Å². The fraction of sp³-hybridized carbons (Fsp3) is 0.0500. The molecule has 0 fully saturated rings. The Balaban J connectivity index is 1.39. The second-order valence-electron chi connectivity index (χ2n) is 5.96. The van der Waals surface area contributed by atoms with E-state index in [1.807, 2.05) is 53.9 Å². The van der Waals surface area contributed by atoms with Crippen LogP contribution < -0.4 is 10.1 Å². The van der Waals surface area contributed by atoms with Gasteiger partial charge in [0, 0.05) is 27.6 Å². The molecule has 3 aromatic heterocycles. The smallest absolute Gasteiger partial charge is 0.267 e. The SMILES string of the molecule is O=C(Nc1nc(-c2ccccn2)cs1)c1cc2c(s1)-c1ccccc1OC2. The molecule has 0 saturated carbocycles. The van der Waals surface area contributed by atoms with Crippen LogP contribution in [-0.2, 0) is 6.61 Å². The lowest BCUT2D eigenvalue weighted by Crippen LogP contribution is -2.09. The van der Waals surface area contributed by atoms with Crippen molar-refractivity contribution in [1.29, 1.82) is 0 Å². The van der Waals surface area contributed by atoms with Crippen molar-refractivity contribution < 1.29 is 9.53 Å². The standard InChI is InChI=1S/C20H13N3O2S2/c24-19(23-20-22-15(11-26-20)14-6-3-4-8-21-14)17-9-12-10-25-16-7-2-1-5-13(16)18(12)27-17/h1-9,11H,10H2,(H,22,23,24). The van der Waals surface area contributed by atoms with E-state index in [9.17, 15) is 4.79 Å². The number of carbonyl (C=O) groups is 1. The summed E-state index contributed by atoms with van der Waals surface area (Å²) in [4.78, 5) is 23.2. The molecule has 0 saturated heterocycles. The van der Waals surface area contributed by atoms with Crippen LogP contribution in [0.25, 0.3) is 21.8 Å². The fourth-order valence-electron chi connectivity index (χ4n) is 2.93.